The molecular weight excluding hydrogens is 327 g/mol. The zero-order valence-corrected chi connectivity index (χ0v) is 10.7. The molecule has 0 aromatic heterocycles. The van der Waals surface area contributed by atoms with E-state index in [1.807, 2.05) is 0 Å². The van der Waals surface area contributed by atoms with Crippen molar-refractivity contribution in [3.63, 3.8) is 0 Å². The normalized spacial score (nSPS) is 14.5. The Morgan fingerprint density at radius 2 is 1.35 bits per heavy atom. The van der Waals surface area contributed by atoms with Crippen molar-refractivity contribution in [2.75, 3.05) is 5.75 Å². The maximum absolute atomic E-state index is 12.9. The third-order valence-corrected chi connectivity index (χ3v) is 3.05. The molecule has 0 unspecified atom stereocenters. The Morgan fingerprint density at radius 3 is 1.70 bits per heavy atom. The summed E-state index contributed by atoms with van der Waals surface area (Å²) >= 11 is 0.469. The third-order valence-electron chi connectivity index (χ3n) is 2.15. The molecule has 0 spiro atoms. The van der Waals surface area contributed by atoms with Crippen molar-refractivity contribution >= 4 is 16.9 Å². The lowest BCUT2D eigenvalue weighted by Gasteiger charge is -2.33. The molecule has 1 nitrogen and oxygen atoms in total. The predicted molar refractivity (Wildman–Crippen MR) is 53.3 cm³/mol. The second-order valence-electron chi connectivity index (χ2n) is 3.79. The number of thioether (sulfide) groups is 1. The highest BCUT2D eigenvalue weighted by Crippen LogP contribution is 2.54. The lowest BCUT2D eigenvalue weighted by molar-refractivity contribution is -0.396. The predicted octanol–water partition coefficient (Wildman–Crippen LogP) is 4.51. The van der Waals surface area contributed by atoms with Gasteiger partial charge in [0.2, 0.25) is 0 Å². The largest absolute Gasteiger partial charge is 0.460 e. The van der Waals surface area contributed by atoms with Crippen LogP contribution in [-0.4, -0.2) is 34.8 Å². The van der Waals surface area contributed by atoms with E-state index >= 15 is 0 Å². The monoisotopic (exact) mass is 336 g/mol. The van der Waals surface area contributed by atoms with Crippen molar-refractivity contribution in [1.29, 1.82) is 0 Å². The SMILES string of the molecule is CC(=O)SCCCC(F)(F)C(F)(F)C(F)(F)C(F)(F)F. The number of hydrogen-bond acceptors (Lipinski definition) is 2. The van der Waals surface area contributed by atoms with Gasteiger partial charge in [0.25, 0.3) is 0 Å². The molecular formula is C9H9F9OS. The van der Waals surface area contributed by atoms with Crippen LogP contribution in [0.15, 0.2) is 0 Å². The molecule has 0 N–H and O–H groups in total. The highest BCUT2D eigenvalue weighted by atomic mass is 32.2. The zero-order valence-electron chi connectivity index (χ0n) is 9.84. The van der Waals surface area contributed by atoms with Crippen molar-refractivity contribution in [3.8, 4) is 0 Å². The van der Waals surface area contributed by atoms with Crippen molar-refractivity contribution in [3.05, 3.63) is 0 Å². The minimum Gasteiger partial charge on any atom is -0.288 e. The van der Waals surface area contributed by atoms with Gasteiger partial charge in [0, 0.05) is 19.1 Å². The van der Waals surface area contributed by atoms with E-state index in [2.05, 4.69) is 0 Å². The van der Waals surface area contributed by atoms with Gasteiger partial charge in [0.1, 0.15) is 0 Å². The Kier molecular flexibility index (Phi) is 5.84. The maximum Gasteiger partial charge on any atom is 0.460 e. The summed E-state index contributed by atoms with van der Waals surface area (Å²) in [5, 5.41) is -0.527. The van der Waals surface area contributed by atoms with Gasteiger partial charge in [-0.15, -0.1) is 0 Å². The summed E-state index contributed by atoms with van der Waals surface area (Å²) in [4.78, 5) is 10.4. The fourth-order valence-electron chi connectivity index (χ4n) is 1.07. The van der Waals surface area contributed by atoms with Gasteiger partial charge in [-0.25, -0.2) is 0 Å². The first kappa shape index (κ1) is 19.4. The lowest BCUT2D eigenvalue weighted by atomic mass is 10.00. The van der Waals surface area contributed by atoms with E-state index in [0.29, 0.717) is 11.8 Å². The van der Waals surface area contributed by atoms with E-state index in [1.165, 1.54) is 0 Å². The van der Waals surface area contributed by atoms with Gasteiger partial charge in [-0.3, -0.25) is 4.79 Å². The van der Waals surface area contributed by atoms with Gasteiger partial charge >= 0.3 is 23.9 Å². The molecule has 0 bridgehead atoms. The van der Waals surface area contributed by atoms with Crippen molar-refractivity contribution in [1.82, 2.24) is 0 Å². The van der Waals surface area contributed by atoms with Gasteiger partial charge < -0.3 is 0 Å². The first-order chi connectivity index (χ1) is 8.67. The van der Waals surface area contributed by atoms with Crippen LogP contribution in [0.25, 0.3) is 0 Å². The second kappa shape index (κ2) is 6.02. The molecule has 0 aromatic rings. The van der Waals surface area contributed by atoms with Crippen molar-refractivity contribution in [2.45, 2.75) is 43.7 Å². The molecule has 0 aliphatic rings. The van der Waals surface area contributed by atoms with Crippen LogP contribution in [-0.2, 0) is 4.79 Å². The van der Waals surface area contributed by atoms with Gasteiger partial charge in [-0.05, 0) is 6.42 Å². The van der Waals surface area contributed by atoms with Gasteiger partial charge in [-0.2, -0.15) is 39.5 Å². The molecule has 0 aromatic carbocycles. The van der Waals surface area contributed by atoms with E-state index in [1.54, 1.807) is 0 Å². The topological polar surface area (TPSA) is 17.1 Å². The molecule has 0 saturated heterocycles. The molecule has 0 amide bonds. The Labute approximate surface area is 111 Å². The first-order valence-electron chi connectivity index (χ1n) is 5.00. The zero-order chi connectivity index (χ0) is 16.4. The fourth-order valence-corrected chi connectivity index (χ4v) is 1.65. The van der Waals surface area contributed by atoms with Gasteiger partial charge in [-0.1, -0.05) is 11.8 Å². The molecule has 0 saturated carbocycles. The molecule has 11 heteroatoms. The van der Waals surface area contributed by atoms with Crippen LogP contribution in [0, 0.1) is 0 Å². The summed E-state index contributed by atoms with van der Waals surface area (Å²) in [6.45, 7) is 1.05. The van der Waals surface area contributed by atoms with E-state index < -0.39 is 47.7 Å². The molecule has 0 aliphatic heterocycles. The Morgan fingerprint density at radius 1 is 0.900 bits per heavy atom. The van der Waals surface area contributed by atoms with E-state index in [-0.39, 0.29) is 0 Å². The summed E-state index contributed by atoms with van der Waals surface area (Å²) in [5.74, 6) is -19.4. The highest BCUT2D eigenvalue weighted by Gasteiger charge is 2.81. The number of rotatable bonds is 6. The summed E-state index contributed by atoms with van der Waals surface area (Å²) < 4.78 is 111. The van der Waals surface area contributed by atoms with Crippen LogP contribution in [0.1, 0.15) is 19.8 Å². The van der Waals surface area contributed by atoms with E-state index in [0.717, 1.165) is 6.92 Å². The first-order valence-corrected chi connectivity index (χ1v) is 5.99. The van der Waals surface area contributed by atoms with E-state index in [4.69, 9.17) is 0 Å². The van der Waals surface area contributed by atoms with Crippen molar-refractivity contribution < 1.29 is 44.3 Å². The average molecular weight is 336 g/mol. The quantitative estimate of drug-likeness (QED) is 0.524. The summed E-state index contributed by atoms with van der Waals surface area (Å²) in [6, 6.07) is 0. The number of carbonyl (C=O) groups is 1. The highest BCUT2D eigenvalue weighted by molar-refractivity contribution is 8.13. The van der Waals surface area contributed by atoms with Crippen molar-refractivity contribution in [2.24, 2.45) is 0 Å². The van der Waals surface area contributed by atoms with Crippen LogP contribution in [0.4, 0.5) is 39.5 Å². The van der Waals surface area contributed by atoms with Crippen LogP contribution in [0.3, 0.4) is 0 Å². The lowest BCUT2D eigenvalue weighted by Crippen LogP contribution is -2.60. The molecule has 120 valence electrons. The molecule has 0 fully saturated rings. The number of hydrogen-bond donors (Lipinski definition) is 0. The fraction of sp³-hybridized carbons (Fsp3) is 0.889. The molecule has 0 atom stereocenters. The number of halogens is 9. The molecule has 0 rings (SSSR count). The minimum absolute atomic E-state index is 0.390. The Bertz CT molecular complexity index is 350. The summed E-state index contributed by atoms with van der Waals surface area (Å²) in [5.41, 5.74) is 0. The smallest absolute Gasteiger partial charge is 0.288 e. The molecule has 20 heavy (non-hydrogen) atoms. The number of carbonyl (C=O) groups excluding carboxylic acids is 1. The minimum atomic E-state index is -6.85. The number of alkyl halides is 9. The van der Waals surface area contributed by atoms with Gasteiger partial charge in [0.15, 0.2) is 5.12 Å². The van der Waals surface area contributed by atoms with Gasteiger partial charge in [0.05, 0.1) is 0 Å². The van der Waals surface area contributed by atoms with Crippen LogP contribution < -0.4 is 0 Å². The summed E-state index contributed by atoms with van der Waals surface area (Å²) in [6.07, 6.45) is -9.51. The van der Waals surface area contributed by atoms with Crippen LogP contribution in [0.5, 0.6) is 0 Å². The Balaban J connectivity index is 4.93. The Hall–Kier alpha value is -0.610. The average Bonchev–Trinajstić information content (AvgIpc) is 2.22. The summed E-state index contributed by atoms with van der Waals surface area (Å²) in [7, 11) is 0. The maximum atomic E-state index is 12.9. The standard InChI is InChI=1S/C9H9F9OS/c1-5(19)20-4-2-3-6(10,11)7(12,13)8(14,15)9(16,17)18/h2-4H2,1H3. The second-order valence-corrected chi connectivity index (χ2v) is 5.07. The third kappa shape index (κ3) is 3.95. The molecule has 0 heterocycles. The molecule has 0 aliphatic carbocycles. The van der Waals surface area contributed by atoms with Crippen LogP contribution >= 0.6 is 11.8 Å². The van der Waals surface area contributed by atoms with Crippen LogP contribution in [0.2, 0.25) is 0 Å². The van der Waals surface area contributed by atoms with E-state index in [9.17, 15) is 44.3 Å². The molecule has 0 radical (unpaired) electrons.